The van der Waals surface area contributed by atoms with Gasteiger partial charge < -0.3 is 0 Å². The van der Waals surface area contributed by atoms with Crippen molar-refractivity contribution in [2.45, 2.75) is 44.9 Å². The van der Waals surface area contributed by atoms with Gasteiger partial charge in [0.2, 0.25) is 0 Å². The lowest BCUT2D eigenvalue weighted by Crippen LogP contribution is -2.35. The second-order valence-electron chi connectivity index (χ2n) is 11.8. The lowest BCUT2D eigenvalue weighted by Gasteiger charge is -2.41. The van der Waals surface area contributed by atoms with Crippen molar-refractivity contribution in [1.29, 1.82) is 0 Å². The van der Waals surface area contributed by atoms with Crippen molar-refractivity contribution in [3.63, 3.8) is 0 Å². The molecule has 0 N–H and O–H groups in total. The van der Waals surface area contributed by atoms with Crippen LogP contribution in [0.4, 0.5) is 0 Å². The van der Waals surface area contributed by atoms with Crippen LogP contribution in [0.15, 0.2) is 24.3 Å². The van der Waals surface area contributed by atoms with Crippen LogP contribution in [0.25, 0.3) is 0 Å². The highest BCUT2D eigenvalue weighted by Crippen LogP contribution is 2.71. The summed E-state index contributed by atoms with van der Waals surface area (Å²) in [5.41, 5.74) is 0. The minimum Gasteiger partial charge on any atom is -0.0848 e. The first-order chi connectivity index (χ1) is 12.3. The molecule has 14 atom stereocenters. The number of fused-ring (bicyclic) bond motifs is 18. The highest BCUT2D eigenvalue weighted by atomic mass is 14.7. The van der Waals surface area contributed by atoms with Gasteiger partial charge in [0.25, 0.3) is 0 Å². The molecule has 0 heterocycles. The molecule has 0 aromatic carbocycles. The molecule has 0 radical (unpaired) electrons. The van der Waals surface area contributed by atoms with Gasteiger partial charge in [0.05, 0.1) is 0 Å². The highest BCUT2D eigenvalue weighted by Gasteiger charge is 2.63. The average molecular weight is 333 g/mol. The van der Waals surface area contributed by atoms with Gasteiger partial charge in [-0.15, -0.1) is 0 Å². The molecule has 6 saturated carbocycles. The van der Waals surface area contributed by atoms with Crippen molar-refractivity contribution >= 4 is 0 Å². The third-order valence-corrected chi connectivity index (χ3v) is 11.4. The van der Waals surface area contributed by atoms with Crippen molar-refractivity contribution < 1.29 is 0 Å². The van der Waals surface area contributed by atoms with Gasteiger partial charge in [-0.25, -0.2) is 0 Å². The lowest BCUT2D eigenvalue weighted by atomic mass is 9.64. The lowest BCUT2D eigenvalue weighted by molar-refractivity contribution is 0.0899. The summed E-state index contributed by atoms with van der Waals surface area (Å²) in [6.45, 7) is 0. The minimum atomic E-state index is 1.01. The molecule has 8 aliphatic rings. The number of rotatable bonds is 2. The van der Waals surface area contributed by atoms with Crippen molar-refractivity contribution in [3.8, 4) is 0 Å². The van der Waals surface area contributed by atoms with Gasteiger partial charge in [-0.05, 0) is 128 Å². The second kappa shape index (κ2) is 4.31. The SMILES string of the molecule is C1=CC2CC1C1C3CC(CC4CC5CC4C4C6C=CC(C6)C54)C(C3)C21. The first kappa shape index (κ1) is 13.6. The third-order valence-electron chi connectivity index (χ3n) is 11.4. The Labute approximate surface area is 152 Å². The molecule has 0 saturated heterocycles. The molecular formula is C25H32. The molecule has 0 aliphatic heterocycles. The van der Waals surface area contributed by atoms with Crippen LogP contribution in [0.1, 0.15) is 44.9 Å². The van der Waals surface area contributed by atoms with Crippen LogP contribution in [-0.2, 0) is 0 Å². The van der Waals surface area contributed by atoms with Crippen LogP contribution in [0.2, 0.25) is 0 Å². The van der Waals surface area contributed by atoms with E-state index in [4.69, 9.17) is 0 Å². The quantitative estimate of drug-likeness (QED) is 0.458. The van der Waals surface area contributed by atoms with Crippen molar-refractivity contribution in [2.75, 3.05) is 0 Å². The van der Waals surface area contributed by atoms with E-state index in [1.807, 2.05) is 0 Å². The van der Waals surface area contributed by atoms with E-state index in [0.29, 0.717) is 0 Å². The summed E-state index contributed by atoms with van der Waals surface area (Å²) in [5, 5.41) is 0. The molecule has 25 heavy (non-hydrogen) atoms. The van der Waals surface area contributed by atoms with E-state index in [9.17, 15) is 0 Å². The van der Waals surface area contributed by atoms with Crippen LogP contribution < -0.4 is 0 Å². The Morgan fingerprint density at radius 2 is 0.920 bits per heavy atom. The zero-order valence-electron chi connectivity index (χ0n) is 15.3. The van der Waals surface area contributed by atoms with Crippen LogP contribution in [0, 0.1) is 82.9 Å². The highest BCUT2D eigenvalue weighted by molar-refractivity contribution is 5.22. The molecule has 132 valence electrons. The number of allylic oxidation sites excluding steroid dienone is 4. The van der Waals surface area contributed by atoms with Gasteiger partial charge in [0, 0.05) is 0 Å². The summed E-state index contributed by atoms with van der Waals surface area (Å²) >= 11 is 0. The maximum atomic E-state index is 2.63. The van der Waals surface area contributed by atoms with Crippen molar-refractivity contribution in [3.05, 3.63) is 24.3 Å². The second-order valence-corrected chi connectivity index (χ2v) is 11.8. The van der Waals surface area contributed by atoms with E-state index in [-0.39, 0.29) is 0 Å². The first-order valence-electron chi connectivity index (χ1n) is 11.7. The van der Waals surface area contributed by atoms with Gasteiger partial charge in [-0.2, -0.15) is 0 Å². The maximum absolute atomic E-state index is 2.63. The summed E-state index contributed by atoms with van der Waals surface area (Å²) < 4.78 is 0. The zero-order valence-corrected chi connectivity index (χ0v) is 15.3. The van der Waals surface area contributed by atoms with Crippen LogP contribution >= 0.6 is 0 Å². The number of hydrogen-bond acceptors (Lipinski definition) is 0. The summed E-state index contributed by atoms with van der Waals surface area (Å²) in [6.07, 6.45) is 21.8. The molecule has 8 bridgehead atoms. The van der Waals surface area contributed by atoms with Gasteiger partial charge in [-0.1, -0.05) is 24.3 Å². The van der Waals surface area contributed by atoms with E-state index >= 15 is 0 Å². The van der Waals surface area contributed by atoms with E-state index in [2.05, 4.69) is 24.3 Å². The largest absolute Gasteiger partial charge is 0.0848 e. The van der Waals surface area contributed by atoms with E-state index in [0.717, 1.165) is 82.9 Å². The summed E-state index contributed by atoms with van der Waals surface area (Å²) in [4.78, 5) is 0. The third kappa shape index (κ3) is 1.48. The Morgan fingerprint density at radius 1 is 0.480 bits per heavy atom. The topological polar surface area (TPSA) is 0 Å². The molecular weight excluding hydrogens is 300 g/mol. The molecule has 0 aromatic rings. The fourth-order valence-corrected chi connectivity index (χ4v) is 11.2. The Morgan fingerprint density at radius 3 is 1.40 bits per heavy atom. The van der Waals surface area contributed by atoms with E-state index in [1.165, 1.54) is 0 Å². The first-order valence-corrected chi connectivity index (χ1v) is 11.7. The molecule has 0 amide bonds. The standard InChI is InChI=1S/C25H32/c1-3-14-5-12(1)22-18-8-16(20(10-18)24(14)22)7-17-9-19-11-21(17)25-15-4-2-13(6-15)23(19)25/h1-4,12-25H,5-11H2. The molecule has 0 nitrogen and oxygen atoms in total. The average Bonchev–Trinajstić information content (AvgIpc) is 3.47. The van der Waals surface area contributed by atoms with Gasteiger partial charge in [0.1, 0.15) is 0 Å². The Balaban J connectivity index is 1.04. The Kier molecular flexibility index (Phi) is 2.35. The van der Waals surface area contributed by atoms with E-state index < -0.39 is 0 Å². The van der Waals surface area contributed by atoms with Gasteiger partial charge >= 0.3 is 0 Å². The Bertz CT molecular complexity index is 628. The minimum absolute atomic E-state index is 1.01. The Hall–Kier alpha value is -0.520. The molecule has 8 aliphatic carbocycles. The molecule has 8 rings (SSSR count). The smallest absolute Gasteiger partial charge is 0.0194 e. The summed E-state index contributed by atoms with van der Waals surface area (Å²) in [5.74, 6) is 15.4. The van der Waals surface area contributed by atoms with Crippen LogP contribution in [0.5, 0.6) is 0 Å². The van der Waals surface area contributed by atoms with E-state index in [1.54, 1.807) is 44.9 Å². The molecule has 6 fully saturated rings. The molecule has 0 heteroatoms. The predicted molar refractivity (Wildman–Crippen MR) is 99.5 cm³/mol. The normalized spacial score (nSPS) is 69.3. The summed E-state index contributed by atoms with van der Waals surface area (Å²) in [6, 6.07) is 0. The fraction of sp³-hybridized carbons (Fsp3) is 0.840. The van der Waals surface area contributed by atoms with Gasteiger partial charge in [0.15, 0.2) is 0 Å². The molecule has 0 aromatic heterocycles. The van der Waals surface area contributed by atoms with Crippen molar-refractivity contribution in [1.82, 2.24) is 0 Å². The fourth-order valence-electron chi connectivity index (χ4n) is 11.2. The molecule has 0 spiro atoms. The zero-order chi connectivity index (χ0) is 15.9. The van der Waals surface area contributed by atoms with Crippen molar-refractivity contribution in [2.24, 2.45) is 82.9 Å². The maximum Gasteiger partial charge on any atom is -0.0194 e. The monoisotopic (exact) mass is 332 g/mol. The summed E-state index contributed by atoms with van der Waals surface area (Å²) in [7, 11) is 0. The predicted octanol–water partition coefficient (Wildman–Crippen LogP) is 5.57. The van der Waals surface area contributed by atoms with Crippen LogP contribution in [0.3, 0.4) is 0 Å². The van der Waals surface area contributed by atoms with Gasteiger partial charge in [-0.3, -0.25) is 0 Å². The number of hydrogen-bond donors (Lipinski definition) is 0. The van der Waals surface area contributed by atoms with Crippen LogP contribution in [-0.4, -0.2) is 0 Å². The molecule has 14 unspecified atom stereocenters.